The van der Waals surface area contributed by atoms with Gasteiger partial charge in [-0.2, -0.15) is 0 Å². The summed E-state index contributed by atoms with van der Waals surface area (Å²) >= 11 is 5.81. The molecule has 3 rings (SSSR count). The van der Waals surface area contributed by atoms with E-state index in [2.05, 4.69) is 0 Å². The van der Waals surface area contributed by atoms with Gasteiger partial charge in [-0.3, -0.25) is 14.4 Å². The van der Waals surface area contributed by atoms with Crippen LogP contribution in [0.4, 0.5) is 11.4 Å². The minimum absolute atomic E-state index is 0.105. The van der Waals surface area contributed by atoms with E-state index in [1.807, 2.05) is 6.07 Å². The Morgan fingerprint density at radius 2 is 1.96 bits per heavy atom. The standard InChI is InChI=1S/C17H17ClN2O5S/c1-25-13-6-5-12-4-2-3-9-19(16(12)10-13)26(23,24)14-7-8-15(18)17(11-14)20(21)22/h5-8,10-11H,2-4,9H2,1H3. The maximum atomic E-state index is 13.2. The topological polar surface area (TPSA) is 89.8 Å². The quantitative estimate of drug-likeness (QED) is 0.579. The molecule has 0 unspecified atom stereocenters. The predicted molar refractivity (Wildman–Crippen MR) is 98.6 cm³/mol. The Hall–Kier alpha value is -2.32. The average Bonchev–Trinajstić information content (AvgIpc) is 2.83. The average molecular weight is 397 g/mol. The van der Waals surface area contributed by atoms with Crippen LogP contribution in [0.5, 0.6) is 5.75 Å². The van der Waals surface area contributed by atoms with Gasteiger partial charge in [0.05, 0.1) is 22.6 Å². The van der Waals surface area contributed by atoms with Crippen LogP contribution in [0.3, 0.4) is 0 Å². The van der Waals surface area contributed by atoms with Crippen molar-refractivity contribution in [2.24, 2.45) is 0 Å². The molecule has 0 amide bonds. The van der Waals surface area contributed by atoms with Gasteiger partial charge in [-0.25, -0.2) is 8.42 Å². The number of ether oxygens (including phenoxy) is 1. The molecule has 0 spiro atoms. The van der Waals surface area contributed by atoms with Crippen LogP contribution in [0.2, 0.25) is 5.02 Å². The van der Waals surface area contributed by atoms with Crippen molar-refractivity contribution in [3.8, 4) is 5.75 Å². The molecule has 0 fully saturated rings. The highest BCUT2D eigenvalue weighted by Crippen LogP contribution is 2.35. The van der Waals surface area contributed by atoms with Gasteiger partial charge in [0.1, 0.15) is 10.8 Å². The SMILES string of the molecule is COc1ccc2c(c1)N(S(=O)(=O)c1ccc(Cl)c([N+](=O)[O-])c1)CCCC2. The molecule has 138 valence electrons. The van der Waals surface area contributed by atoms with Crippen LogP contribution >= 0.6 is 11.6 Å². The number of nitro benzene ring substituents is 1. The molecule has 0 atom stereocenters. The first kappa shape index (κ1) is 18.5. The van der Waals surface area contributed by atoms with Crippen LogP contribution in [-0.4, -0.2) is 27.0 Å². The van der Waals surface area contributed by atoms with Crippen molar-refractivity contribution in [3.05, 3.63) is 57.1 Å². The number of nitro groups is 1. The van der Waals surface area contributed by atoms with E-state index in [1.165, 1.54) is 23.5 Å². The molecule has 1 aliphatic heterocycles. The molecule has 0 radical (unpaired) electrons. The van der Waals surface area contributed by atoms with Crippen LogP contribution in [-0.2, 0) is 16.4 Å². The van der Waals surface area contributed by atoms with Crippen molar-refractivity contribution in [2.75, 3.05) is 18.0 Å². The number of hydrogen-bond acceptors (Lipinski definition) is 5. The largest absolute Gasteiger partial charge is 0.497 e. The number of hydrogen-bond donors (Lipinski definition) is 0. The van der Waals surface area contributed by atoms with Gasteiger partial charge in [0, 0.05) is 18.7 Å². The second-order valence-electron chi connectivity index (χ2n) is 5.90. The van der Waals surface area contributed by atoms with Gasteiger partial charge in [-0.15, -0.1) is 0 Å². The lowest BCUT2D eigenvalue weighted by Crippen LogP contribution is -2.32. The van der Waals surface area contributed by atoms with Crippen LogP contribution in [0.1, 0.15) is 18.4 Å². The zero-order valence-electron chi connectivity index (χ0n) is 14.0. The molecule has 7 nitrogen and oxygen atoms in total. The van der Waals surface area contributed by atoms with Crippen molar-refractivity contribution in [1.29, 1.82) is 0 Å². The summed E-state index contributed by atoms with van der Waals surface area (Å²) in [6.45, 7) is 0.291. The lowest BCUT2D eigenvalue weighted by molar-refractivity contribution is -0.384. The first-order chi connectivity index (χ1) is 12.3. The molecular formula is C17H17ClN2O5S. The summed E-state index contributed by atoms with van der Waals surface area (Å²) in [5.74, 6) is 0.549. The minimum atomic E-state index is -3.98. The second-order valence-corrected chi connectivity index (χ2v) is 8.17. The minimum Gasteiger partial charge on any atom is -0.497 e. The molecule has 0 saturated heterocycles. The Labute approximate surface area is 156 Å². The summed E-state index contributed by atoms with van der Waals surface area (Å²) in [5.41, 5.74) is 1.00. The van der Waals surface area contributed by atoms with Crippen LogP contribution < -0.4 is 9.04 Å². The van der Waals surface area contributed by atoms with E-state index in [9.17, 15) is 18.5 Å². The Morgan fingerprint density at radius 1 is 1.19 bits per heavy atom. The van der Waals surface area contributed by atoms with E-state index in [4.69, 9.17) is 16.3 Å². The highest BCUT2D eigenvalue weighted by Gasteiger charge is 2.30. The molecule has 26 heavy (non-hydrogen) atoms. The van der Waals surface area contributed by atoms with Crippen LogP contribution in [0.15, 0.2) is 41.3 Å². The molecule has 1 heterocycles. The number of anilines is 1. The first-order valence-corrected chi connectivity index (χ1v) is 9.80. The number of aryl methyl sites for hydroxylation is 1. The van der Waals surface area contributed by atoms with Crippen molar-refractivity contribution in [2.45, 2.75) is 24.2 Å². The Kier molecular flexibility index (Phi) is 5.06. The summed E-state index contributed by atoms with van der Waals surface area (Å²) in [6, 6.07) is 8.85. The van der Waals surface area contributed by atoms with E-state index < -0.39 is 20.6 Å². The van der Waals surface area contributed by atoms with E-state index in [0.29, 0.717) is 24.4 Å². The molecule has 1 aliphatic rings. The fourth-order valence-corrected chi connectivity index (χ4v) is 4.72. The number of methoxy groups -OCH3 is 1. The molecular weight excluding hydrogens is 380 g/mol. The molecule has 0 N–H and O–H groups in total. The van der Waals surface area contributed by atoms with Crippen molar-refractivity contribution >= 4 is 33.0 Å². The van der Waals surface area contributed by atoms with E-state index in [-0.39, 0.29) is 9.92 Å². The van der Waals surface area contributed by atoms with Crippen molar-refractivity contribution in [3.63, 3.8) is 0 Å². The molecule has 0 aliphatic carbocycles. The Morgan fingerprint density at radius 3 is 2.65 bits per heavy atom. The van der Waals surface area contributed by atoms with E-state index in [1.54, 1.807) is 12.1 Å². The van der Waals surface area contributed by atoms with E-state index >= 15 is 0 Å². The summed E-state index contributed by atoms with van der Waals surface area (Å²) in [6.07, 6.45) is 2.30. The third-order valence-electron chi connectivity index (χ3n) is 4.32. The molecule has 0 bridgehead atoms. The second kappa shape index (κ2) is 7.13. The van der Waals surface area contributed by atoms with Gasteiger partial charge >= 0.3 is 0 Å². The Bertz CT molecular complexity index is 962. The lowest BCUT2D eigenvalue weighted by Gasteiger charge is -2.25. The summed E-state index contributed by atoms with van der Waals surface area (Å²) in [5, 5.41) is 11.0. The van der Waals surface area contributed by atoms with Gasteiger partial charge in [0.25, 0.3) is 15.7 Å². The number of sulfonamides is 1. The lowest BCUT2D eigenvalue weighted by atomic mass is 10.1. The smallest absolute Gasteiger partial charge is 0.289 e. The highest BCUT2D eigenvalue weighted by atomic mass is 35.5. The monoisotopic (exact) mass is 396 g/mol. The molecule has 2 aromatic carbocycles. The van der Waals surface area contributed by atoms with Gasteiger partial charge in [-0.05, 0) is 43.0 Å². The zero-order chi connectivity index (χ0) is 18.9. The third-order valence-corrected chi connectivity index (χ3v) is 6.45. The molecule has 0 aromatic heterocycles. The normalized spacial score (nSPS) is 14.5. The zero-order valence-corrected chi connectivity index (χ0v) is 15.6. The summed E-state index contributed by atoms with van der Waals surface area (Å²) in [7, 11) is -2.47. The maximum Gasteiger partial charge on any atom is 0.289 e. The molecule has 2 aromatic rings. The van der Waals surface area contributed by atoms with Crippen LogP contribution in [0.25, 0.3) is 0 Å². The predicted octanol–water partition coefficient (Wildman–Crippen LogP) is 3.79. The summed E-state index contributed by atoms with van der Waals surface area (Å²) < 4.78 is 32.9. The van der Waals surface area contributed by atoms with Crippen LogP contribution in [0, 0.1) is 10.1 Å². The molecule has 9 heteroatoms. The number of benzene rings is 2. The number of rotatable bonds is 4. The third kappa shape index (κ3) is 3.34. The maximum absolute atomic E-state index is 13.2. The van der Waals surface area contributed by atoms with Gasteiger partial charge in [0.2, 0.25) is 0 Å². The van der Waals surface area contributed by atoms with Crippen molar-refractivity contribution < 1.29 is 18.1 Å². The fourth-order valence-electron chi connectivity index (χ4n) is 2.98. The number of fused-ring (bicyclic) bond motifs is 1. The van der Waals surface area contributed by atoms with E-state index in [0.717, 1.165) is 24.5 Å². The fraction of sp³-hybridized carbons (Fsp3) is 0.294. The summed E-state index contributed by atoms with van der Waals surface area (Å²) in [4.78, 5) is 10.3. The van der Waals surface area contributed by atoms with Crippen molar-refractivity contribution in [1.82, 2.24) is 0 Å². The van der Waals surface area contributed by atoms with Gasteiger partial charge in [-0.1, -0.05) is 17.7 Å². The van der Waals surface area contributed by atoms with Gasteiger partial charge in [0.15, 0.2) is 0 Å². The molecule has 0 saturated carbocycles. The number of nitrogens with zero attached hydrogens (tertiary/aromatic N) is 2. The van der Waals surface area contributed by atoms with Gasteiger partial charge < -0.3 is 4.74 Å². The first-order valence-electron chi connectivity index (χ1n) is 7.98. The highest BCUT2D eigenvalue weighted by molar-refractivity contribution is 7.92. The Balaban J connectivity index is 2.13. The number of halogens is 1.